The molecule has 2 nitrogen and oxygen atoms in total. The third kappa shape index (κ3) is 4.54. The maximum atomic E-state index is 11.1. The first kappa shape index (κ1) is 13.0. The van der Waals surface area contributed by atoms with Gasteiger partial charge in [0.2, 0.25) is 0 Å². The first-order valence-electron chi connectivity index (χ1n) is 5.75. The number of carbonyl (C=O) groups excluding carboxylic acids is 1. The summed E-state index contributed by atoms with van der Waals surface area (Å²) < 4.78 is 4.68. The Morgan fingerprint density at radius 1 is 1.53 bits per heavy atom. The summed E-state index contributed by atoms with van der Waals surface area (Å²) in [6, 6.07) is 0. The van der Waals surface area contributed by atoms with Crippen molar-refractivity contribution in [2.45, 2.75) is 45.4 Å². The van der Waals surface area contributed by atoms with E-state index in [4.69, 9.17) is 0 Å². The van der Waals surface area contributed by atoms with Crippen LogP contribution in [0.2, 0.25) is 0 Å². The maximum Gasteiger partial charge on any atom is 0.305 e. The molecule has 1 aliphatic carbocycles. The van der Waals surface area contributed by atoms with E-state index in [9.17, 15) is 4.79 Å². The molecular weight excluding hydrogens is 256 g/mol. The summed E-state index contributed by atoms with van der Waals surface area (Å²) in [6.07, 6.45) is 6.73. The molecule has 0 radical (unpaired) electrons. The van der Waals surface area contributed by atoms with E-state index in [-0.39, 0.29) is 5.97 Å². The first-order chi connectivity index (χ1) is 7.12. The maximum absolute atomic E-state index is 11.1. The third-order valence-corrected chi connectivity index (χ3v) is 3.89. The summed E-state index contributed by atoms with van der Waals surface area (Å²) in [5.41, 5.74) is 0.482. The fraction of sp³-hybridized carbons (Fsp3) is 0.917. The number of hydrogen-bond donors (Lipinski definition) is 0. The molecule has 15 heavy (non-hydrogen) atoms. The van der Waals surface area contributed by atoms with Crippen molar-refractivity contribution < 1.29 is 9.53 Å². The van der Waals surface area contributed by atoms with Crippen LogP contribution < -0.4 is 0 Å². The van der Waals surface area contributed by atoms with Crippen molar-refractivity contribution in [2.75, 3.05) is 12.4 Å². The summed E-state index contributed by atoms with van der Waals surface area (Å²) in [6.45, 7) is 2.31. The Morgan fingerprint density at radius 3 is 2.67 bits per heavy atom. The highest BCUT2D eigenvalue weighted by Gasteiger charge is 2.42. The van der Waals surface area contributed by atoms with Crippen LogP contribution in [0.1, 0.15) is 45.4 Å². The van der Waals surface area contributed by atoms with E-state index in [1.54, 1.807) is 0 Å². The minimum Gasteiger partial charge on any atom is -0.469 e. The molecule has 0 aromatic carbocycles. The summed E-state index contributed by atoms with van der Waals surface area (Å²) in [5, 5.41) is 1.08. The number of methoxy groups -OCH3 is 1. The van der Waals surface area contributed by atoms with Crippen molar-refractivity contribution in [3.05, 3.63) is 0 Å². The van der Waals surface area contributed by atoms with E-state index < -0.39 is 0 Å². The standard InChI is InChI=1S/C12H21BrO2/c1-10(4-8-13)9-12(6-7-12)5-3-11(14)15-2/h10H,3-9H2,1-2H3. The van der Waals surface area contributed by atoms with Gasteiger partial charge in [-0.25, -0.2) is 0 Å². The van der Waals surface area contributed by atoms with Crippen LogP contribution in [-0.4, -0.2) is 18.4 Å². The molecule has 0 aromatic heterocycles. The average Bonchev–Trinajstić information content (AvgIpc) is 2.95. The van der Waals surface area contributed by atoms with Crippen molar-refractivity contribution >= 4 is 21.9 Å². The lowest BCUT2D eigenvalue weighted by atomic mass is 9.88. The summed E-state index contributed by atoms with van der Waals surface area (Å²) >= 11 is 3.48. The number of hydrogen-bond acceptors (Lipinski definition) is 2. The predicted molar refractivity (Wildman–Crippen MR) is 65.1 cm³/mol. The summed E-state index contributed by atoms with van der Waals surface area (Å²) in [4.78, 5) is 11.1. The van der Waals surface area contributed by atoms with E-state index in [0.717, 1.165) is 17.7 Å². The van der Waals surface area contributed by atoms with Gasteiger partial charge in [0.1, 0.15) is 0 Å². The van der Waals surface area contributed by atoms with Gasteiger partial charge in [-0.3, -0.25) is 4.79 Å². The van der Waals surface area contributed by atoms with E-state index in [0.29, 0.717) is 11.8 Å². The average molecular weight is 277 g/mol. The number of carbonyl (C=O) groups is 1. The fourth-order valence-electron chi connectivity index (χ4n) is 2.23. The quantitative estimate of drug-likeness (QED) is 0.525. The van der Waals surface area contributed by atoms with Gasteiger partial charge in [0, 0.05) is 11.8 Å². The second kappa shape index (κ2) is 5.88. The van der Waals surface area contributed by atoms with E-state index >= 15 is 0 Å². The van der Waals surface area contributed by atoms with Crippen LogP contribution in [0.15, 0.2) is 0 Å². The number of alkyl halides is 1. The normalized spacial score (nSPS) is 19.7. The van der Waals surface area contributed by atoms with Gasteiger partial charge in [0.05, 0.1) is 7.11 Å². The molecule has 0 aromatic rings. The summed E-state index contributed by atoms with van der Waals surface area (Å²) in [7, 11) is 1.47. The van der Waals surface area contributed by atoms with Gasteiger partial charge in [0.25, 0.3) is 0 Å². The van der Waals surface area contributed by atoms with Gasteiger partial charge in [-0.2, -0.15) is 0 Å². The van der Waals surface area contributed by atoms with Crippen LogP contribution in [0.25, 0.3) is 0 Å². The molecule has 0 amide bonds. The zero-order valence-electron chi connectivity index (χ0n) is 9.72. The van der Waals surface area contributed by atoms with Crippen LogP contribution in [0.5, 0.6) is 0 Å². The molecule has 0 aliphatic heterocycles. The zero-order chi connectivity index (χ0) is 11.3. The Labute approximate surface area is 101 Å². The number of halogens is 1. The molecule has 0 bridgehead atoms. The highest BCUT2D eigenvalue weighted by molar-refractivity contribution is 9.09. The first-order valence-corrected chi connectivity index (χ1v) is 6.87. The van der Waals surface area contributed by atoms with Crippen LogP contribution in [-0.2, 0) is 9.53 Å². The second-order valence-electron chi connectivity index (χ2n) is 4.86. The minimum atomic E-state index is -0.0607. The largest absolute Gasteiger partial charge is 0.469 e. The molecule has 88 valence electrons. The Hall–Kier alpha value is -0.0500. The van der Waals surface area contributed by atoms with Crippen LogP contribution in [0.4, 0.5) is 0 Å². The molecule has 1 saturated carbocycles. The number of ether oxygens (including phenoxy) is 1. The lowest BCUT2D eigenvalue weighted by Crippen LogP contribution is -2.11. The van der Waals surface area contributed by atoms with Gasteiger partial charge >= 0.3 is 5.97 Å². The van der Waals surface area contributed by atoms with E-state index in [1.165, 1.54) is 32.8 Å². The van der Waals surface area contributed by atoms with Crippen molar-refractivity contribution in [2.24, 2.45) is 11.3 Å². The van der Waals surface area contributed by atoms with Gasteiger partial charge in [0.15, 0.2) is 0 Å². The van der Waals surface area contributed by atoms with Gasteiger partial charge in [-0.05, 0) is 43.4 Å². The summed E-state index contributed by atoms with van der Waals surface area (Å²) in [5.74, 6) is 0.707. The molecule has 3 heteroatoms. The van der Waals surface area contributed by atoms with Crippen molar-refractivity contribution in [1.82, 2.24) is 0 Å². The third-order valence-electron chi connectivity index (χ3n) is 3.43. The van der Waals surface area contributed by atoms with Crippen molar-refractivity contribution in [3.63, 3.8) is 0 Å². The Balaban J connectivity index is 2.24. The van der Waals surface area contributed by atoms with Crippen LogP contribution >= 0.6 is 15.9 Å². The van der Waals surface area contributed by atoms with Crippen LogP contribution in [0, 0.1) is 11.3 Å². The molecule has 1 atom stereocenters. The molecular formula is C12H21BrO2. The molecule has 1 fully saturated rings. The predicted octanol–water partition coefficient (Wildman–Crippen LogP) is 3.53. The van der Waals surface area contributed by atoms with Crippen LogP contribution in [0.3, 0.4) is 0 Å². The lowest BCUT2D eigenvalue weighted by molar-refractivity contribution is -0.141. The molecule has 0 N–H and O–H groups in total. The van der Waals surface area contributed by atoms with Gasteiger partial charge < -0.3 is 4.74 Å². The smallest absolute Gasteiger partial charge is 0.305 e. The SMILES string of the molecule is COC(=O)CCC1(CC(C)CCBr)CC1. The topological polar surface area (TPSA) is 26.3 Å². The molecule has 1 aliphatic rings. The Bertz CT molecular complexity index is 212. The fourth-order valence-corrected chi connectivity index (χ4v) is 3.01. The van der Waals surface area contributed by atoms with E-state index in [1.807, 2.05) is 0 Å². The minimum absolute atomic E-state index is 0.0607. The van der Waals surface area contributed by atoms with E-state index in [2.05, 4.69) is 27.6 Å². The molecule has 1 rings (SSSR count). The van der Waals surface area contributed by atoms with Gasteiger partial charge in [-0.15, -0.1) is 0 Å². The highest BCUT2D eigenvalue weighted by Crippen LogP contribution is 2.54. The van der Waals surface area contributed by atoms with Crippen molar-refractivity contribution in [1.29, 1.82) is 0 Å². The monoisotopic (exact) mass is 276 g/mol. The number of rotatable bonds is 7. The number of esters is 1. The second-order valence-corrected chi connectivity index (χ2v) is 5.66. The highest BCUT2D eigenvalue weighted by atomic mass is 79.9. The van der Waals surface area contributed by atoms with Gasteiger partial charge in [-0.1, -0.05) is 22.9 Å². The molecule has 0 heterocycles. The zero-order valence-corrected chi connectivity index (χ0v) is 11.3. The van der Waals surface area contributed by atoms with Crippen molar-refractivity contribution in [3.8, 4) is 0 Å². The lowest BCUT2D eigenvalue weighted by Gasteiger charge is -2.18. The molecule has 0 saturated heterocycles. The Kier molecular flexibility index (Phi) is 5.10. The Morgan fingerprint density at radius 2 is 2.20 bits per heavy atom. The molecule has 1 unspecified atom stereocenters. The molecule has 0 spiro atoms.